The van der Waals surface area contributed by atoms with E-state index < -0.39 is 15.7 Å². The molecule has 0 saturated heterocycles. The maximum absolute atomic E-state index is 2.88. The van der Waals surface area contributed by atoms with Gasteiger partial charge in [-0.05, 0) is 0 Å². The molecule has 0 aliphatic heterocycles. The third-order valence-electron chi connectivity index (χ3n) is 7.42. The van der Waals surface area contributed by atoms with Gasteiger partial charge in [0.1, 0.15) is 0 Å². The largest absolute Gasteiger partial charge is 0.147 e. The Balaban J connectivity index is 0.00000121. The molecule has 0 aromatic heterocycles. The fraction of sp³-hybridized carbons (Fsp3) is 0.636. The zero-order valence-electron chi connectivity index (χ0n) is 17.0. The van der Waals surface area contributed by atoms with E-state index in [0.29, 0.717) is 0 Å². The summed E-state index contributed by atoms with van der Waals surface area (Å²) in [4.78, 5) is 0. The summed E-state index contributed by atoms with van der Waals surface area (Å²) in [5, 5.41) is 0. The molecule has 0 spiro atoms. The predicted molar refractivity (Wildman–Crippen MR) is 121 cm³/mol. The van der Waals surface area contributed by atoms with Crippen LogP contribution in [-0.2, 0) is 15.7 Å². The van der Waals surface area contributed by atoms with Crippen LogP contribution in [0.5, 0.6) is 0 Å². The van der Waals surface area contributed by atoms with E-state index in [1.807, 2.05) is 11.1 Å². The van der Waals surface area contributed by atoms with Crippen LogP contribution < -0.4 is 0 Å². The van der Waals surface area contributed by atoms with Crippen molar-refractivity contribution in [2.45, 2.75) is 81.7 Å². The summed E-state index contributed by atoms with van der Waals surface area (Å²) in [6, 6.07) is 0. The van der Waals surface area contributed by atoms with Crippen LogP contribution in [-0.4, -0.2) is 12.1 Å². The second-order valence-electron chi connectivity index (χ2n) is 10.1. The zero-order chi connectivity index (χ0) is 17.1. The molecule has 146 valence electrons. The van der Waals surface area contributed by atoms with E-state index in [1.54, 1.807) is 34.4 Å². The molecule has 26 heavy (non-hydrogen) atoms. The first-order chi connectivity index (χ1) is 11.3. The molecule has 4 rings (SSSR count). The molecule has 0 saturated carbocycles. The number of hydrogen-bond donors (Lipinski definition) is 0. The summed E-state index contributed by atoms with van der Waals surface area (Å²) in [6.07, 6.45) is 16.5. The van der Waals surface area contributed by atoms with Gasteiger partial charge >= 0.3 is 155 Å². The van der Waals surface area contributed by atoms with Crippen LogP contribution in [0.4, 0.5) is 0 Å². The minimum atomic E-state index is -2.88. The maximum Gasteiger partial charge on any atom is -0.147 e. The van der Waals surface area contributed by atoms with Gasteiger partial charge in [0.05, 0.1) is 0 Å². The minimum Gasteiger partial charge on any atom is -0.147 e. The van der Waals surface area contributed by atoms with Crippen LogP contribution in [0.3, 0.4) is 0 Å². The van der Waals surface area contributed by atoms with E-state index >= 15 is 0 Å². The Bertz CT molecular complexity index is 731. The number of rotatable bonds is 2. The van der Waals surface area contributed by atoms with Gasteiger partial charge < -0.3 is 0 Å². The third kappa shape index (κ3) is 3.62. The molecule has 4 aliphatic rings. The zero-order valence-corrected chi connectivity index (χ0v) is 24.0. The number of halogens is 2. The van der Waals surface area contributed by atoms with Crippen molar-refractivity contribution in [2.24, 2.45) is 0 Å². The van der Waals surface area contributed by atoms with Gasteiger partial charge in [-0.25, -0.2) is 0 Å². The van der Waals surface area contributed by atoms with Gasteiger partial charge in [-0.1, -0.05) is 0 Å². The van der Waals surface area contributed by atoms with Crippen molar-refractivity contribution in [2.75, 3.05) is 0 Å². The van der Waals surface area contributed by atoms with Crippen molar-refractivity contribution in [1.29, 1.82) is 0 Å². The van der Waals surface area contributed by atoms with Gasteiger partial charge in [-0.15, -0.1) is 24.8 Å². The van der Waals surface area contributed by atoms with E-state index in [2.05, 4.69) is 35.3 Å². The predicted octanol–water partition coefficient (Wildman–Crippen LogP) is 7.40. The van der Waals surface area contributed by atoms with E-state index in [0.717, 1.165) is 7.25 Å². The summed E-state index contributed by atoms with van der Waals surface area (Å²) in [6.45, 7) is 4.95. The van der Waals surface area contributed by atoms with Crippen LogP contribution in [0.1, 0.15) is 65.2 Å². The van der Waals surface area contributed by atoms with Crippen molar-refractivity contribution in [3.05, 3.63) is 45.6 Å². The summed E-state index contributed by atoms with van der Waals surface area (Å²) in [7, 11) is 0. The van der Waals surface area contributed by atoms with Crippen molar-refractivity contribution in [3.63, 3.8) is 0 Å². The fourth-order valence-electron chi connectivity index (χ4n) is 6.97. The van der Waals surface area contributed by atoms with Crippen molar-refractivity contribution in [1.82, 2.24) is 0 Å². The molecule has 0 N–H and O–H groups in total. The molecule has 0 aromatic carbocycles. The van der Waals surface area contributed by atoms with E-state index in [1.165, 1.54) is 51.4 Å². The van der Waals surface area contributed by atoms with E-state index in [4.69, 9.17) is 0 Å². The first-order valence-corrected chi connectivity index (χ1v) is 28.4. The average Bonchev–Trinajstić information content (AvgIpc) is 3.02. The molecular weight excluding hydrogens is 499 g/mol. The van der Waals surface area contributed by atoms with Gasteiger partial charge in [0, 0.05) is 0 Å². The summed E-state index contributed by atoms with van der Waals surface area (Å²) in [5.41, 5.74) is 10.9. The quantitative estimate of drug-likeness (QED) is 0.324. The molecule has 2 unspecified atom stereocenters. The van der Waals surface area contributed by atoms with Crippen LogP contribution in [0, 0.1) is 0 Å². The molecule has 0 nitrogen and oxygen atoms in total. The van der Waals surface area contributed by atoms with Gasteiger partial charge in [-0.2, -0.15) is 0 Å². The van der Waals surface area contributed by atoms with Crippen LogP contribution in [0.25, 0.3) is 0 Å². The SMILES string of the molecule is CC1=CC2=C(CCCC2)[CH]1[Zr]([CH3])([CH3])(=[GeH2])[CH]1C(C)=CC2=C1CCCC2.Cl.Cl. The van der Waals surface area contributed by atoms with Crippen molar-refractivity contribution in [3.8, 4) is 0 Å². The molecule has 0 fully saturated rings. The Morgan fingerprint density at radius 1 is 0.731 bits per heavy atom. The van der Waals surface area contributed by atoms with Crippen LogP contribution in [0.2, 0.25) is 16.5 Å². The molecule has 0 heterocycles. The van der Waals surface area contributed by atoms with Gasteiger partial charge in [0.2, 0.25) is 0 Å². The molecule has 0 amide bonds. The van der Waals surface area contributed by atoms with Crippen LogP contribution >= 0.6 is 24.8 Å². The summed E-state index contributed by atoms with van der Waals surface area (Å²) in [5.74, 6) is 0. The molecule has 4 aliphatic carbocycles. The van der Waals surface area contributed by atoms with Gasteiger partial charge in [0.15, 0.2) is 0 Å². The average molecular weight is 535 g/mol. The monoisotopic (exact) mass is 534 g/mol. The Morgan fingerprint density at radius 2 is 1.08 bits per heavy atom. The molecular formula is C22H36Cl2GeZr. The Kier molecular flexibility index (Phi) is 7.16. The first kappa shape index (κ1) is 23.2. The second-order valence-corrected chi connectivity index (χ2v) is 55.1. The van der Waals surface area contributed by atoms with E-state index in [9.17, 15) is 0 Å². The van der Waals surface area contributed by atoms with Gasteiger partial charge in [-0.3, -0.25) is 0 Å². The van der Waals surface area contributed by atoms with Gasteiger partial charge in [0.25, 0.3) is 0 Å². The smallest absolute Gasteiger partial charge is 0.147 e. The topological polar surface area (TPSA) is 0 Å². The number of allylic oxidation sites excluding steroid dienone is 8. The fourth-order valence-corrected chi connectivity index (χ4v) is 36.9. The minimum absolute atomic E-state index is 0. The summed E-state index contributed by atoms with van der Waals surface area (Å²) < 4.78 is 7.48. The summed E-state index contributed by atoms with van der Waals surface area (Å²) >= 11 is -1.30. The van der Waals surface area contributed by atoms with Crippen molar-refractivity contribution >= 4 is 37.0 Å². The molecule has 0 radical (unpaired) electrons. The van der Waals surface area contributed by atoms with E-state index in [-0.39, 0.29) is 24.8 Å². The first-order valence-electron chi connectivity index (χ1n) is 10.2. The Labute approximate surface area is 178 Å². The maximum atomic E-state index is 2.85. The molecule has 0 aromatic rings. The Morgan fingerprint density at radius 3 is 1.46 bits per heavy atom. The molecule has 4 heteroatoms. The standard InChI is InChI=1S/2C10H13.2CH3.2ClH.GeH2.Zr/c2*1-8-6-9-4-2-3-5-10(9)7-8;;;;;;/h2*6-7H,2-5H2,1H3;2*1H3;2*1H;1H2;. The molecule has 2 atom stereocenters. The second kappa shape index (κ2) is 8.00. The third-order valence-corrected chi connectivity index (χ3v) is 30.8. The van der Waals surface area contributed by atoms with Crippen LogP contribution in [0.15, 0.2) is 45.6 Å². The number of hydrogen-bond acceptors (Lipinski definition) is 0. The van der Waals surface area contributed by atoms with Crippen molar-refractivity contribution < 1.29 is 15.7 Å². The Hall–Kier alpha value is 0.966. The normalized spacial score (nSPS) is 28.7. The molecule has 0 bridgehead atoms.